The zero-order valence-corrected chi connectivity index (χ0v) is 16.7. The second-order valence-electron chi connectivity index (χ2n) is 6.59. The van der Waals surface area contributed by atoms with Gasteiger partial charge >= 0.3 is 0 Å². The summed E-state index contributed by atoms with van der Waals surface area (Å²) in [5, 5.41) is 5.36. The lowest BCUT2D eigenvalue weighted by atomic mass is 10.0. The molecule has 0 spiro atoms. The first kappa shape index (κ1) is 19.1. The van der Waals surface area contributed by atoms with E-state index in [1.165, 1.54) is 28.0 Å². The van der Waals surface area contributed by atoms with Crippen molar-refractivity contribution in [3.8, 4) is 17.0 Å². The van der Waals surface area contributed by atoms with Crippen LogP contribution in [0.2, 0.25) is 0 Å². The lowest BCUT2D eigenvalue weighted by Gasteiger charge is -2.07. The summed E-state index contributed by atoms with van der Waals surface area (Å²) < 4.78 is 5.56. The van der Waals surface area contributed by atoms with E-state index in [-0.39, 0.29) is 12.5 Å². The quantitative estimate of drug-likeness (QED) is 0.597. The molecule has 0 bridgehead atoms. The number of hydrogen-bond acceptors (Lipinski definition) is 4. The Morgan fingerprint density at radius 2 is 1.93 bits per heavy atom. The molecular formula is C22H24N2O2S. The van der Waals surface area contributed by atoms with Gasteiger partial charge in [0.25, 0.3) is 5.91 Å². The van der Waals surface area contributed by atoms with Crippen LogP contribution in [0, 0.1) is 13.8 Å². The molecule has 0 aliphatic heterocycles. The van der Waals surface area contributed by atoms with Gasteiger partial charge in [-0.25, -0.2) is 4.98 Å². The van der Waals surface area contributed by atoms with Crippen molar-refractivity contribution in [3.63, 3.8) is 0 Å². The second kappa shape index (κ2) is 8.82. The van der Waals surface area contributed by atoms with Crippen LogP contribution in [0.4, 0.5) is 5.13 Å². The predicted octanol–water partition coefficient (Wildman–Crippen LogP) is 5.40. The summed E-state index contributed by atoms with van der Waals surface area (Å²) >= 11 is 1.42. The van der Waals surface area contributed by atoms with Crippen LogP contribution in [0.5, 0.6) is 5.75 Å². The minimum atomic E-state index is -0.213. The largest absolute Gasteiger partial charge is 0.484 e. The molecule has 3 rings (SSSR count). The molecule has 4 nitrogen and oxygen atoms in total. The van der Waals surface area contributed by atoms with Crippen molar-refractivity contribution in [2.45, 2.75) is 33.6 Å². The van der Waals surface area contributed by atoms with Crippen molar-refractivity contribution in [1.82, 2.24) is 4.98 Å². The van der Waals surface area contributed by atoms with Crippen LogP contribution in [0.3, 0.4) is 0 Å². The van der Waals surface area contributed by atoms with Gasteiger partial charge in [0, 0.05) is 10.9 Å². The number of rotatable bonds is 7. The molecule has 27 heavy (non-hydrogen) atoms. The molecule has 140 valence electrons. The summed E-state index contributed by atoms with van der Waals surface area (Å²) in [5.74, 6) is 0.481. The molecule has 0 aliphatic carbocycles. The Hall–Kier alpha value is -2.66. The molecule has 1 N–H and O–H groups in total. The Labute approximate surface area is 164 Å². The van der Waals surface area contributed by atoms with Gasteiger partial charge in [-0.05, 0) is 49.6 Å². The summed E-state index contributed by atoms with van der Waals surface area (Å²) in [6, 6.07) is 14.2. The zero-order chi connectivity index (χ0) is 19.2. The predicted molar refractivity (Wildman–Crippen MR) is 112 cm³/mol. The fourth-order valence-electron chi connectivity index (χ4n) is 2.81. The maximum Gasteiger partial charge on any atom is 0.264 e. The number of carbonyl (C=O) groups is 1. The van der Waals surface area contributed by atoms with E-state index in [9.17, 15) is 4.79 Å². The topological polar surface area (TPSA) is 51.2 Å². The fraction of sp³-hybridized carbons (Fsp3) is 0.273. The van der Waals surface area contributed by atoms with E-state index in [2.05, 4.69) is 49.3 Å². The third-order valence-corrected chi connectivity index (χ3v) is 5.01. The van der Waals surface area contributed by atoms with Crippen molar-refractivity contribution >= 4 is 22.4 Å². The molecule has 3 aromatic rings. The maximum atomic E-state index is 12.2. The summed E-state index contributed by atoms with van der Waals surface area (Å²) in [6.07, 6.45) is 2.16. The van der Waals surface area contributed by atoms with Crippen LogP contribution < -0.4 is 10.1 Å². The third kappa shape index (κ3) is 5.17. The van der Waals surface area contributed by atoms with E-state index in [4.69, 9.17) is 4.74 Å². The Morgan fingerprint density at radius 3 is 2.67 bits per heavy atom. The van der Waals surface area contributed by atoms with Crippen LogP contribution in [0.15, 0.2) is 47.8 Å². The van der Waals surface area contributed by atoms with Crippen molar-refractivity contribution in [2.75, 3.05) is 11.9 Å². The van der Waals surface area contributed by atoms with E-state index in [1.807, 2.05) is 29.6 Å². The maximum absolute atomic E-state index is 12.2. The number of nitrogens with one attached hydrogen (secondary N) is 1. The molecule has 0 unspecified atom stereocenters. The standard InChI is InChI=1S/C22H24N2O2S/c1-4-5-17-8-10-18(11-9-17)26-13-21(25)24-22-23-20(14-27-22)19-12-15(2)6-7-16(19)3/h6-12,14H,4-5,13H2,1-3H3,(H,23,24,25). The number of aryl methyl sites for hydroxylation is 3. The summed E-state index contributed by atoms with van der Waals surface area (Å²) in [7, 11) is 0. The lowest BCUT2D eigenvalue weighted by Crippen LogP contribution is -2.20. The molecule has 5 heteroatoms. The van der Waals surface area contributed by atoms with Gasteiger partial charge in [-0.1, -0.05) is 43.2 Å². The van der Waals surface area contributed by atoms with Gasteiger partial charge in [-0.2, -0.15) is 0 Å². The minimum absolute atomic E-state index is 0.0362. The van der Waals surface area contributed by atoms with Crippen molar-refractivity contribution < 1.29 is 9.53 Å². The van der Waals surface area contributed by atoms with Crippen LogP contribution >= 0.6 is 11.3 Å². The van der Waals surface area contributed by atoms with E-state index in [0.717, 1.165) is 24.1 Å². The fourth-order valence-corrected chi connectivity index (χ4v) is 3.54. The number of benzene rings is 2. The molecule has 0 saturated carbocycles. The Balaban J connectivity index is 1.57. The van der Waals surface area contributed by atoms with Crippen molar-refractivity contribution in [2.24, 2.45) is 0 Å². The Bertz CT molecular complexity index is 916. The van der Waals surface area contributed by atoms with Crippen LogP contribution in [0.25, 0.3) is 11.3 Å². The van der Waals surface area contributed by atoms with Gasteiger partial charge in [-0.15, -0.1) is 11.3 Å². The summed E-state index contributed by atoms with van der Waals surface area (Å²) in [4.78, 5) is 16.7. The summed E-state index contributed by atoms with van der Waals surface area (Å²) in [6.45, 7) is 6.24. The van der Waals surface area contributed by atoms with Gasteiger partial charge in [0.05, 0.1) is 5.69 Å². The highest BCUT2D eigenvalue weighted by Crippen LogP contribution is 2.28. The first-order valence-electron chi connectivity index (χ1n) is 9.10. The number of thiazole rings is 1. The monoisotopic (exact) mass is 380 g/mol. The highest BCUT2D eigenvalue weighted by molar-refractivity contribution is 7.14. The van der Waals surface area contributed by atoms with Crippen LogP contribution in [0.1, 0.15) is 30.0 Å². The average Bonchev–Trinajstić information content (AvgIpc) is 3.11. The average molecular weight is 381 g/mol. The summed E-state index contributed by atoms with van der Waals surface area (Å²) in [5.41, 5.74) is 5.60. The molecule has 0 aliphatic rings. The molecule has 2 aromatic carbocycles. The second-order valence-corrected chi connectivity index (χ2v) is 7.45. The number of hydrogen-bond donors (Lipinski definition) is 1. The third-order valence-electron chi connectivity index (χ3n) is 4.25. The smallest absolute Gasteiger partial charge is 0.264 e. The Morgan fingerprint density at radius 1 is 1.15 bits per heavy atom. The van der Waals surface area contributed by atoms with E-state index in [0.29, 0.717) is 10.9 Å². The van der Waals surface area contributed by atoms with Gasteiger partial charge in [0.2, 0.25) is 0 Å². The van der Waals surface area contributed by atoms with Gasteiger partial charge in [0.15, 0.2) is 11.7 Å². The van der Waals surface area contributed by atoms with Crippen molar-refractivity contribution in [1.29, 1.82) is 0 Å². The van der Waals surface area contributed by atoms with E-state index >= 15 is 0 Å². The number of anilines is 1. The molecule has 0 saturated heterocycles. The molecule has 0 radical (unpaired) electrons. The van der Waals surface area contributed by atoms with Gasteiger partial charge in [0.1, 0.15) is 5.75 Å². The van der Waals surface area contributed by atoms with Gasteiger partial charge < -0.3 is 4.74 Å². The highest BCUT2D eigenvalue weighted by Gasteiger charge is 2.10. The lowest BCUT2D eigenvalue weighted by molar-refractivity contribution is -0.118. The molecule has 0 fully saturated rings. The minimum Gasteiger partial charge on any atom is -0.484 e. The first-order valence-corrected chi connectivity index (χ1v) is 9.98. The highest BCUT2D eigenvalue weighted by atomic mass is 32.1. The SMILES string of the molecule is CCCc1ccc(OCC(=O)Nc2nc(-c3cc(C)ccc3C)cs2)cc1. The molecular weight excluding hydrogens is 356 g/mol. The normalized spacial score (nSPS) is 10.6. The molecule has 0 atom stereocenters. The van der Waals surface area contributed by atoms with Crippen LogP contribution in [-0.4, -0.2) is 17.5 Å². The number of nitrogens with zero attached hydrogens (tertiary/aromatic N) is 1. The van der Waals surface area contributed by atoms with E-state index in [1.54, 1.807) is 0 Å². The number of ether oxygens (including phenoxy) is 1. The molecule has 1 amide bonds. The number of carbonyl (C=O) groups excluding carboxylic acids is 1. The van der Waals surface area contributed by atoms with Crippen LogP contribution in [-0.2, 0) is 11.2 Å². The molecule has 1 aromatic heterocycles. The first-order chi connectivity index (χ1) is 13.0. The number of amides is 1. The molecule has 1 heterocycles. The Kier molecular flexibility index (Phi) is 6.24. The van der Waals surface area contributed by atoms with E-state index < -0.39 is 0 Å². The zero-order valence-electron chi connectivity index (χ0n) is 15.9. The van der Waals surface area contributed by atoms with Crippen molar-refractivity contribution in [3.05, 3.63) is 64.5 Å². The number of aromatic nitrogens is 1. The van der Waals surface area contributed by atoms with Gasteiger partial charge in [-0.3, -0.25) is 10.1 Å².